The number of carbonyl (C=O) groups excluding carboxylic acids is 2. The predicted molar refractivity (Wildman–Crippen MR) is 87.0 cm³/mol. The summed E-state index contributed by atoms with van der Waals surface area (Å²) >= 11 is 1.66. The highest BCUT2D eigenvalue weighted by atomic mass is 32.2. The Labute approximate surface area is 135 Å². The molecule has 0 spiro atoms. The summed E-state index contributed by atoms with van der Waals surface area (Å²) in [5.41, 5.74) is 0. The number of thioether (sulfide) groups is 1. The first kappa shape index (κ1) is 16.9. The first-order valence-electron chi connectivity index (χ1n) is 7.50. The van der Waals surface area contributed by atoms with Gasteiger partial charge in [0.25, 0.3) is 5.91 Å². The summed E-state index contributed by atoms with van der Waals surface area (Å²) in [4.78, 5) is 27.8. The summed E-state index contributed by atoms with van der Waals surface area (Å²) in [6.45, 7) is 5.61. The summed E-state index contributed by atoms with van der Waals surface area (Å²) < 4.78 is 5.57. The molecule has 1 aliphatic heterocycles. The van der Waals surface area contributed by atoms with Crippen LogP contribution in [0.4, 0.5) is 0 Å². The van der Waals surface area contributed by atoms with E-state index in [1.165, 1.54) is 0 Å². The number of amides is 2. The molecule has 6 nitrogen and oxygen atoms in total. The normalized spacial score (nSPS) is 15.8. The third-order valence-corrected chi connectivity index (χ3v) is 4.13. The molecular formula is C15H23N3O3S. The number of carbonyl (C=O) groups is 2. The Kier molecular flexibility index (Phi) is 6.33. The van der Waals surface area contributed by atoms with Gasteiger partial charge in [0.1, 0.15) is 5.76 Å². The number of hydrogen-bond donors (Lipinski definition) is 1. The molecule has 2 amide bonds. The van der Waals surface area contributed by atoms with E-state index in [1.54, 1.807) is 22.7 Å². The Hall–Kier alpha value is -1.47. The van der Waals surface area contributed by atoms with Gasteiger partial charge in [0.15, 0.2) is 5.76 Å². The van der Waals surface area contributed by atoms with Crippen LogP contribution in [0.2, 0.25) is 0 Å². The Morgan fingerprint density at radius 1 is 1.27 bits per heavy atom. The van der Waals surface area contributed by atoms with Crippen molar-refractivity contribution in [3.63, 3.8) is 0 Å². The van der Waals surface area contributed by atoms with Crippen molar-refractivity contribution in [1.82, 2.24) is 15.1 Å². The van der Waals surface area contributed by atoms with Crippen LogP contribution in [0.25, 0.3) is 0 Å². The molecule has 0 unspecified atom stereocenters. The molecule has 0 aromatic carbocycles. The molecule has 1 aromatic rings. The first-order chi connectivity index (χ1) is 10.6. The van der Waals surface area contributed by atoms with Crippen molar-refractivity contribution in [2.75, 3.05) is 45.5 Å². The second-order valence-corrected chi connectivity index (χ2v) is 6.09. The van der Waals surface area contributed by atoms with E-state index < -0.39 is 0 Å². The Morgan fingerprint density at radius 2 is 2.00 bits per heavy atom. The number of piperazine rings is 1. The molecule has 7 heteroatoms. The lowest BCUT2D eigenvalue weighted by Crippen LogP contribution is -2.51. The molecular weight excluding hydrogens is 302 g/mol. The van der Waals surface area contributed by atoms with Crippen LogP contribution in [-0.4, -0.2) is 67.1 Å². The molecule has 1 aliphatic rings. The second kappa shape index (κ2) is 8.24. The standard InChI is InChI=1S/C15H23N3O3S/c1-3-16-14(19)10-17-6-8-18(9-7-17)15(20)13-5-4-12(21-13)11-22-2/h4-5H,3,6-11H2,1-2H3,(H,16,19). The van der Waals surface area contributed by atoms with Gasteiger partial charge in [-0.2, -0.15) is 11.8 Å². The number of rotatable bonds is 6. The van der Waals surface area contributed by atoms with Gasteiger partial charge in [0.05, 0.1) is 12.3 Å². The fourth-order valence-corrected chi connectivity index (χ4v) is 2.87. The lowest BCUT2D eigenvalue weighted by molar-refractivity contribution is -0.122. The quantitative estimate of drug-likeness (QED) is 0.846. The van der Waals surface area contributed by atoms with E-state index in [0.717, 1.165) is 11.5 Å². The summed E-state index contributed by atoms with van der Waals surface area (Å²) in [6, 6.07) is 3.60. The third kappa shape index (κ3) is 4.51. The smallest absolute Gasteiger partial charge is 0.289 e. The van der Waals surface area contributed by atoms with Gasteiger partial charge in [-0.3, -0.25) is 14.5 Å². The Balaban J connectivity index is 1.82. The molecule has 2 heterocycles. The van der Waals surface area contributed by atoms with Gasteiger partial charge in [-0.1, -0.05) is 0 Å². The van der Waals surface area contributed by atoms with Gasteiger partial charge in [-0.15, -0.1) is 0 Å². The number of furan rings is 1. The van der Waals surface area contributed by atoms with Crippen LogP contribution < -0.4 is 5.32 Å². The predicted octanol–water partition coefficient (Wildman–Crippen LogP) is 1.04. The maximum atomic E-state index is 12.4. The Bertz CT molecular complexity index is 510. The van der Waals surface area contributed by atoms with Gasteiger partial charge in [-0.05, 0) is 25.3 Å². The zero-order valence-electron chi connectivity index (χ0n) is 13.1. The molecule has 2 rings (SSSR count). The van der Waals surface area contributed by atoms with Crippen LogP contribution in [0, 0.1) is 0 Å². The third-order valence-electron chi connectivity index (χ3n) is 3.56. The van der Waals surface area contributed by atoms with Crippen LogP contribution in [0.5, 0.6) is 0 Å². The van der Waals surface area contributed by atoms with E-state index in [9.17, 15) is 9.59 Å². The average molecular weight is 325 g/mol. The second-order valence-electron chi connectivity index (χ2n) is 5.22. The van der Waals surface area contributed by atoms with Gasteiger partial charge in [0.2, 0.25) is 5.91 Å². The van der Waals surface area contributed by atoms with Crippen LogP contribution in [0.1, 0.15) is 23.2 Å². The largest absolute Gasteiger partial charge is 0.455 e. The lowest BCUT2D eigenvalue weighted by Gasteiger charge is -2.33. The topological polar surface area (TPSA) is 65.8 Å². The van der Waals surface area contributed by atoms with Crippen LogP contribution in [0.15, 0.2) is 16.5 Å². The average Bonchev–Trinajstić information content (AvgIpc) is 2.96. The van der Waals surface area contributed by atoms with Gasteiger partial charge < -0.3 is 14.6 Å². The van der Waals surface area contributed by atoms with E-state index in [4.69, 9.17) is 4.42 Å². The molecule has 0 bridgehead atoms. The monoisotopic (exact) mass is 325 g/mol. The van der Waals surface area contributed by atoms with Crippen LogP contribution in [0.3, 0.4) is 0 Å². The van der Waals surface area contributed by atoms with Crippen molar-refractivity contribution in [2.24, 2.45) is 0 Å². The van der Waals surface area contributed by atoms with E-state index in [0.29, 0.717) is 45.0 Å². The van der Waals surface area contributed by atoms with Crippen molar-refractivity contribution in [3.8, 4) is 0 Å². The van der Waals surface area contributed by atoms with Crippen molar-refractivity contribution in [2.45, 2.75) is 12.7 Å². The summed E-state index contributed by atoms with van der Waals surface area (Å²) in [5, 5.41) is 2.79. The van der Waals surface area contributed by atoms with E-state index in [1.807, 2.05) is 19.2 Å². The summed E-state index contributed by atoms with van der Waals surface area (Å²) in [5.74, 6) is 1.97. The molecule has 0 saturated carbocycles. The summed E-state index contributed by atoms with van der Waals surface area (Å²) in [7, 11) is 0. The van der Waals surface area contributed by atoms with Crippen molar-refractivity contribution in [1.29, 1.82) is 0 Å². The number of nitrogens with zero attached hydrogens (tertiary/aromatic N) is 2. The van der Waals surface area contributed by atoms with E-state index >= 15 is 0 Å². The van der Waals surface area contributed by atoms with Crippen molar-refractivity contribution >= 4 is 23.6 Å². The number of nitrogens with one attached hydrogen (secondary N) is 1. The maximum Gasteiger partial charge on any atom is 0.289 e. The zero-order valence-corrected chi connectivity index (χ0v) is 13.9. The minimum Gasteiger partial charge on any atom is -0.455 e. The molecule has 1 fully saturated rings. The van der Waals surface area contributed by atoms with Crippen molar-refractivity contribution in [3.05, 3.63) is 23.7 Å². The minimum atomic E-state index is -0.0648. The van der Waals surface area contributed by atoms with E-state index in [2.05, 4.69) is 10.2 Å². The SMILES string of the molecule is CCNC(=O)CN1CCN(C(=O)c2ccc(CSC)o2)CC1. The molecule has 1 N–H and O–H groups in total. The fraction of sp³-hybridized carbons (Fsp3) is 0.600. The number of hydrogen-bond acceptors (Lipinski definition) is 5. The highest BCUT2D eigenvalue weighted by Crippen LogP contribution is 2.16. The van der Waals surface area contributed by atoms with Gasteiger partial charge >= 0.3 is 0 Å². The first-order valence-corrected chi connectivity index (χ1v) is 8.89. The van der Waals surface area contributed by atoms with Crippen LogP contribution >= 0.6 is 11.8 Å². The maximum absolute atomic E-state index is 12.4. The molecule has 0 aliphatic carbocycles. The zero-order chi connectivity index (χ0) is 15.9. The molecule has 0 radical (unpaired) electrons. The highest BCUT2D eigenvalue weighted by molar-refractivity contribution is 7.97. The minimum absolute atomic E-state index is 0.0371. The highest BCUT2D eigenvalue weighted by Gasteiger charge is 2.24. The van der Waals surface area contributed by atoms with Gasteiger partial charge in [0, 0.05) is 32.7 Å². The Morgan fingerprint density at radius 3 is 2.64 bits per heavy atom. The molecule has 1 saturated heterocycles. The molecule has 1 aromatic heterocycles. The van der Waals surface area contributed by atoms with Crippen LogP contribution in [-0.2, 0) is 10.5 Å². The fourth-order valence-electron chi connectivity index (χ4n) is 2.43. The van der Waals surface area contributed by atoms with Gasteiger partial charge in [-0.25, -0.2) is 0 Å². The lowest BCUT2D eigenvalue weighted by atomic mass is 10.3. The molecule has 122 valence electrons. The van der Waals surface area contributed by atoms with Crippen molar-refractivity contribution < 1.29 is 14.0 Å². The van der Waals surface area contributed by atoms with E-state index in [-0.39, 0.29) is 11.8 Å². The molecule has 0 atom stereocenters. The number of likely N-dealkylation sites (N-methyl/N-ethyl adjacent to an activating group) is 1. The summed E-state index contributed by atoms with van der Waals surface area (Å²) in [6.07, 6.45) is 2.00. The molecule has 22 heavy (non-hydrogen) atoms.